The molecule has 3 aromatic rings. The van der Waals surface area contributed by atoms with Crippen molar-refractivity contribution >= 4 is 24.0 Å². The Bertz CT molecular complexity index is 1380. The zero-order valence-electron chi connectivity index (χ0n) is 21.5. The number of esters is 3. The highest BCUT2D eigenvalue weighted by Gasteiger charge is 2.10. The van der Waals surface area contributed by atoms with Gasteiger partial charge in [0.1, 0.15) is 23.0 Å². The van der Waals surface area contributed by atoms with Gasteiger partial charge in [0.15, 0.2) is 0 Å². The lowest BCUT2D eigenvalue weighted by Gasteiger charge is -2.11. The van der Waals surface area contributed by atoms with Crippen LogP contribution in [0.4, 0.5) is 0 Å². The number of benzene rings is 3. The van der Waals surface area contributed by atoms with Crippen LogP contribution in [0.1, 0.15) is 26.3 Å². The summed E-state index contributed by atoms with van der Waals surface area (Å²) in [5.74, 6) is 0.0397. The lowest BCUT2D eigenvalue weighted by Crippen LogP contribution is -2.08. The predicted octanol–water partition coefficient (Wildman–Crippen LogP) is 6.33. The quantitative estimate of drug-likeness (QED) is 0.178. The Morgan fingerprint density at radius 1 is 0.711 bits per heavy atom. The molecule has 0 saturated carbocycles. The summed E-state index contributed by atoms with van der Waals surface area (Å²) in [5.41, 5.74) is 3.08. The van der Waals surface area contributed by atoms with Gasteiger partial charge in [-0.2, -0.15) is 0 Å². The maximum atomic E-state index is 12.4. The molecule has 0 radical (unpaired) electrons. The summed E-state index contributed by atoms with van der Waals surface area (Å²) in [6.07, 6.45) is 2.91. The third kappa shape index (κ3) is 7.80. The van der Waals surface area contributed by atoms with Gasteiger partial charge in [-0.1, -0.05) is 37.4 Å². The molecule has 0 amide bonds. The average molecular weight is 513 g/mol. The molecule has 0 saturated heterocycles. The van der Waals surface area contributed by atoms with Crippen molar-refractivity contribution in [3.05, 3.63) is 103 Å². The number of rotatable bonds is 10. The van der Waals surface area contributed by atoms with Gasteiger partial charge in [-0.05, 0) is 80.4 Å². The maximum Gasteiger partial charge on any atom is 0.338 e. The number of hydrogen-bond donors (Lipinski definition) is 0. The normalized spacial score (nSPS) is 10.5. The topological polar surface area (TPSA) is 88.1 Å². The van der Waals surface area contributed by atoms with E-state index >= 15 is 0 Å². The molecule has 0 aliphatic heterocycles. The van der Waals surface area contributed by atoms with E-state index in [9.17, 15) is 14.4 Å². The molecule has 0 unspecified atom stereocenters. The summed E-state index contributed by atoms with van der Waals surface area (Å²) < 4.78 is 21.5. The van der Waals surface area contributed by atoms with Gasteiger partial charge in [-0.3, -0.25) is 0 Å². The van der Waals surface area contributed by atoms with Crippen LogP contribution in [-0.2, 0) is 14.4 Å². The molecule has 0 spiro atoms. The van der Waals surface area contributed by atoms with Gasteiger partial charge in [-0.15, -0.1) is 0 Å². The standard InChI is InChI=1S/C31H28O7/c1-6-35-28-19-24(22-9-12-26(13-10-22)37-30(33)20(2)3)8-7-23(28)11-18-29(32)36-25-14-16-27(17-15-25)38-31(34)21(4)5/h7-19H,2,4,6H2,1,3,5H3/b18-11+. The zero-order chi connectivity index (χ0) is 27.7. The van der Waals surface area contributed by atoms with Crippen molar-refractivity contribution in [2.45, 2.75) is 20.8 Å². The zero-order valence-corrected chi connectivity index (χ0v) is 21.5. The molecule has 0 atom stereocenters. The number of hydrogen-bond acceptors (Lipinski definition) is 7. The molecule has 38 heavy (non-hydrogen) atoms. The van der Waals surface area contributed by atoms with E-state index < -0.39 is 17.9 Å². The van der Waals surface area contributed by atoms with E-state index in [1.54, 1.807) is 32.1 Å². The van der Waals surface area contributed by atoms with E-state index in [0.29, 0.717) is 40.7 Å². The fourth-order valence-corrected chi connectivity index (χ4v) is 3.12. The van der Waals surface area contributed by atoms with E-state index in [0.717, 1.165) is 11.1 Å². The third-order valence-electron chi connectivity index (χ3n) is 5.06. The Labute approximate surface area is 221 Å². The highest BCUT2D eigenvalue weighted by atomic mass is 16.5. The fraction of sp³-hybridized carbons (Fsp3) is 0.129. The summed E-state index contributed by atoms with van der Waals surface area (Å²) in [6.45, 7) is 12.6. The molecule has 194 valence electrons. The molecule has 0 N–H and O–H groups in total. The van der Waals surface area contributed by atoms with Gasteiger partial charge in [-0.25, -0.2) is 14.4 Å². The second-order valence-electron chi connectivity index (χ2n) is 8.28. The van der Waals surface area contributed by atoms with Crippen molar-refractivity contribution < 1.29 is 33.3 Å². The molecule has 7 heteroatoms. The van der Waals surface area contributed by atoms with Crippen LogP contribution in [0.2, 0.25) is 0 Å². The first-order valence-corrected chi connectivity index (χ1v) is 11.8. The minimum Gasteiger partial charge on any atom is -0.493 e. The Balaban J connectivity index is 1.68. The van der Waals surface area contributed by atoms with Crippen LogP contribution in [0.5, 0.6) is 23.0 Å². The summed E-state index contributed by atoms with van der Waals surface area (Å²) in [5, 5.41) is 0. The van der Waals surface area contributed by atoms with Crippen LogP contribution in [0.3, 0.4) is 0 Å². The van der Waals surface area contributed by atoms with Crippen molar-refractivity contribution in [1.29, 1.82) is 0 Å². The lowest BCUT2D eigenvalue weighted by molar-refractivity contribution is -0.131. The second-order valence-corrected chi connectivity index (χ2v) is 8.28. The molecule has 0 bridgehead atoms. The molecule has 3 aromatic carbocycles. The number of carbonyl (C=O) groups excluding carboxylic acids is 3. The molecule has 7 nitrogen and oxygen atoms in total. The summed E-state index contributed by atoms with van der Waals surface area (Å²) in [6, 6.07) is 18.8. The summed E-state index contributed by atoms with van der Waals surface area (Å²) in [4.78, 5) is 35.7. The SMILES string of the molecule is C=C(C)C(=O)Oc1ccc(OC(=O)/C=C/c2ccc(-c3ccc(OC(=O)C(=C)C)cc3)cc2OCC)cc1. The minimum absolute atomic E-state index is 0.282. The second kappa shape index (κ2) is 12.9. The molecule has 0 heterocycles. The molecule has 0 fully saturated rings. The predicted molar refractivity (Wildman–Crippen MR) is 145 cm³/mol. The van der Waals surface area contributed by atoms with Gasteiger partial charge in [0.2, 0.25) is 0 Å². The van der Waals surface area contributed by atoms with Crippen LogP contribution < -0.4 is 18.9 Å². The Kier molecular flexibility index (Phi) is 9.37. The first kappa shape index (κ1) is 27.7. The van der Waals surface area contributed by atoms with Gasteiger partial charge in [0, 0.05) is 22.8 Å². The number of carbonyl (C=O) groups is 3. The maximum absolute atomic E-state index is 12.4. The van der Waals surface area contributed by atoms with Crippen LogP contribution >= 0.6 is 0 Å². The van der Waals surface area contributed by atoms with Crippen molar-refractivity contribution in [1.82, 2.24) is 0 Å². The van der Waals surface area contributed by atoms with E-state index in [1.807, 2.05) is 37.3 Å². The lowest BCUT2D eigenvalue weighted by atomic mass is 10.0. The minimum atomic E-state index is -0.580. The van der Waals surface area contributed by atoms with Gasteiger partial charge < -0.3 is 18.9 Å². The van der Waals surface area contributed by atoms with Crippen molar-refractivity contribution in [2.24, 2.45) is 0 Å². The van der Waals surface area contributed by atoms with Gasteiger partial charge in [0.05, 0.1) is 6.61 Å². The Morgan fingerprint density at radius 2 is 1.18 bits per heavy atom. The van der Waals surface area contributed by atoms with Gasteiger partial charge in [0.25, 0.3) is 0 Å². The molecular formula is C31H28O7. The largest absolute Gasteiger partial charge is 0.493 e. The molecular weight excluding hydrogens is 484 g/mol. The Hall–Kier alpha value is -4.91. The van der Waals surface area contributed by atoms with Crippen LogP contribution in [0, 0.1) is 0 Å². The first-order chi connectivity index (χ1) is 18.2. The van der Waals surface area contributed by atoms with Crippen LogP contribution in [0.15, 0.2) is 97.1 Å². The van der Waals surface area contributed by atoms with E-state index in [2.05, 4.69) is 13.2 Å². The first-order valence-electron chi connectivity index (χ1n) is 11.8. The highest BCUT2D eigenvalue weighted by molar-refractivity contribution is 5.90. The third-order valence-corrected chi connectivity index (χ3v) is 5.06. The molecule has 3 rings (SSSR count). The average Bonchev–Trinajstić information content (AvgIpc) is 2.89. The summed E-state index contributed by atoms with van der Waals surface area (Å²) >= 11 is 0. The molecule has 0 aromatic heterocycles. The Morgan fingerprint density at radius 3 is 1.68 bits per heavy atom. The smallest absolute Gasteiger partial charge is 0.338 e. The molecule has 0 aliphatic carbocycles. The van der Waals surface area contributed by atoms with Crippen LogP contribution in [0.25, 0.3) is 17.2 Å². The highest BCUT2D eigenvalue weighted by Crippen LogP contribution is 2.30. The van der Waals surface area contributed by atoms with Crippen molar-refractivity contribution in [3.63, 3.8) is 0 Å². The van der Waals surface area contributed by atoms with E-state index in [-0.39, 0.29) is 5.57 Å². The van der Waals surface area contributed by atoms with E-state index in [1.165, 1.54) is 30.3 Å². The van der Waals surface area contributed by atoms with Crippen molar-refractivity contribution in [2.75, 3.05) is 6.61 Å². The van der Waals surface area contributed by atoms with E-state index in [4.69, 9.17) is 18.9 Å². The number of ether oxygens (including phenoxy) is 4. The van der Waals surface area contributed by atoms with Gasteiger partial charge >= 0.3 is 17.9 Å². The fourth-order valence-electron chi connectivity index (χ4n) is 3.12. The van der Waals surface area contributed by atoms with Crippen LogP contribution in [-0.4, -0.2) is 24.5 Å². The molecule has 0 aliphatic rings. The summed E-state index contributed by atoms with van der Waals surface area (Å²) in [7, 11) is 0. The monoisotopic (exact) mass is 512 g/mol. The van der Waals surface area contributed by atoms with Crippen molar-refractivity contribution in [3.8, 4) is 34.1 Å².